The van der Waals surface area contributed by atoms with Crippen LogP contribution in [0.15, 0.2) is 10.3 Å². The summed E-state index contributed by atoms with van der Waals surface area (Å²) in [5, 5.41) is 24.7. The average Bonchev–Trinajstić information content (AvgIpc) is 2.47. The molecule has 140 valence electrons. The van der Waals surface area contributed by atoms with Crippen molar-refractivity contribution in [2.24, 2.45) is 10.3 Å². The van der Waals surface area contributed by atoms with Crippen molar-refractivity contribution in [3.8, 4) is 0 Å². The van der Waals surface area contributed by atoms with Crippen LogP contribution in [0.4, 0.5) is 0 Å². The molecule has 0 amide bonds. The van der Waals surface area contributed by atoms with Gasteiger partial charge in [-0.1, -0.05) is 0 Å². The SMILES string of the molecule is Cc1nc(C)nc(C=N[O-])n1.Cc1nc(C)nc(C=N[O-])n1.[Br][Ni][Br]. The minimum atomic E-state index is 0.310. The molecule has 10 nitrogen and oxygen atoms in total. The summed E-state index contributed by atoms with van der Waals surface area (Å²) in [7, 11) is 1.25. The van der Waals surface area contributed by atoms with Gasteiger partial charge in [-0.05, 0) is 27.7 Å². The molecule has 0 bridgehead atoms. The molecule has 2 aromatic heterocycles. The first-order valence-corrected chi connectivity index (χ1v) is 11.3. The van der Waals surface area contributed by atoms with Crippen molar-refractivity contribution in [1.29, 1.82) is 0 Å². The Hall–Kier alpha value is -1.59. The Bertz CT molecular complexity index is 618. The Kier molecular flexibility index (Phi) is 12.8. The fraction of sp³-hybridized carbons (Fsp3) is 0.333. The summed E-state index contributed by atoms with van der Waals surface area (Å²) in [4.78, 5) is 23.3. The van der Waals surface area contributed by atoms with Crippen molar-refractivity contribution in [1.82, 2.24) is 29.9 Å². The van der Waals surface area contributed by atoms with Gasteiger partial charge in [-0.2, -0.15) is 0 Å². The van der Waals surface area contributed by atoms with Crippen LogP contribution in [0.5, 0.6) is 0 Å². The third-order valence-corrected chi connectivity index (χ3v) is 2.09. The molecule has 2 rings (SSSR count). The van der Waals surface area contributed by atoms with E-state index in [0.717, 1.165) is 12.4 Å². The summed E-state index contributed by atoms with van der Waals surface area (Å²) in [5.41, 5.74) is 0. The molecular formula is C12H14Br2N8NiO2-2. The molecule has 2 heterocycles. The summed E-state index contributed by atoms with van der Waals surface area (Å²) >= 11 is 6.00. The van der Waals surface area contributed by atoms with E-state index < -0.39 is 0 Å². The molecule has 0 saturated heterocycles. The van der Waals surface area contributed by atoms with Crippen LogP contribution in [0.1, 0.15) is 34.9 Å². The van der Waals surface area contributed by atoms with Gasteiger partial charge in [0, 0.05) is 0 Å². The molecule has 0 saturated carbocycles. The van der Waals surface area contributed by atoms with E-state index in [1.807, 2.05) is 0 Å². The predicted octanol–water partition coefficient (Wildman–Crippen LogP) is 2.50. The molecule has 0 aliphatic rings. The fourth-order valence-electron chi connectivity index (χ4n) is 1.49. The third-order valence-electron chi connectivity index (χ3n) is 2.09. The first-order valence-electron chi connectivity index (χ1n) is 6.38. The van der Waals surface area contributed by atoms with Crippen molar-refractivity contribution in [3.05, 3.63) is 45.4 Å². The van der Waals surface area contributed by atoms with Gasteiger partial charge in [0.1, 0.15) is 23.3 Å². The average molecular weight is 521 g/mol. The first kappa shape index (κ1) is 23.4. The Morgan fingerprint density at radius 2 is 0.920 bits per heavy atom. The third kappa shape index (κ3) is 11.6. The van der Waals surface area contributed by atoms with Crippen LogP contribution in [-0.4, -0.2) is 42.3 Å². The standard InChI is InChI=1S/2C6H8N4O.2BrH.Ni/c2*1-4-8-5(2)10-6(9-4)3-7-11;;;/h2*3,11H,1-2H3;2*1H;/q;;;;+2/p-4. The minimum absolute atomic E-state index is 0.310. The molecule has 2 aromatic rings. The van der Waals surface area contributed by atoms with Gasteiger partial charge in [-0.25, -0.2) is 29.9 Å². The van der Waals surface area contributed by atoms with Crippen LogP contribution in [0, 0.1) is 38.1 Å². The maximum absolute atomic E-state index is 9.79. The molecule has 0 N–H and O–H groups in total. The van der Waals surface area contributed by atoms with Gasteiger partial charge < -0.3 is 20.7 Å². The van der Waals surface area contributed by atoms with E-state index in [1.54, 1.807) is 27.7 Å². The topological polar surface area (TPSA) is 148 Å². The molecule has 0 spiro atoms. The normalized spacial score (nSPS) is 10.3. The number of hydrogen-bond donors (Lipinski definition) is 0. The number of hydrogen-bond acceptors (Lipinski definition) is 10. The van der Waals surface area contributed by atoms with Crippen molar-refractivity contribution < 1.29 is 10.9 Å². The van der Waals surface area contributed by atoms with E-state index in [1.165, 1.54) is 10.9 Å². The molecule has 13 heteroatoms. The zero-order chi connectivity index (χ0) is 19.2. The van der Waals surface area contributed by atoms with E-state index in [0.29, 0.717) is 34.9 Å². The van der Waals surface area contributed by atoms with Crippen molar-refractivity contribution in [2.45, 2.75) is 27.7 Å². The van der Waals surface area contributed by atoms with Crippen LogP contribution >= 0.6 is 28.5 Å². The molecule has 0 fully saturated rings. The number of aryl methyl sites for hydroxylation is 4. The van der Waals surface area contributed by atoms with Crippen LogP contribution < -0.4 is 0 Å². The predicted molar refractivity (Wildman–Crippen MR) is 98.4 cm³/mol. The second kappa shape index (κ2) is 13.7. The summed E-state index contributed by atoms with van der Waals surface area (Å²) < 4.78 is 0. The van der Waals surface area contributed by atoms with Crippen LogP contribution in [0.25, 0.3) is 0 Å². The molecule has 25 heavy (non-hydrogen) atoms. The van der Waals surface area contributed by atoms with E-state index in [9.17, 15) is 10.4 Å². The van der Waals surface area contributed by atoms with Gasteiger partial charge in [-0.15, -0.1) is 0 Å². The van der Waals surface area contributed by atoms with Gasteiger partial charge in [0.05, 0.1) is 12.4 Å². The number of nitrogens with zero attached hydrogens (tertiary/aromatic N) is 8. The molecule has 0 radical (unpaired) electrons. The first-order chi connectivity index (χ1) is 11.9. The number of halogens is 2. The summed E-state index contributed by atoms with van der Waals surface area (Å²) in [6.07, 6.45) is 2.11. The quantitative estimate of drug-likeness (QED) is 0.333. The van der Waals surface area contributed by atoms with Gasteiger partial charge in [0.15, 0.2) is 11.6 Å². The van der Waals surface area contributed by atoms with Crippen LogP contribution in [-0.2, 0) is 10.9 Å². The van der Waals surface area contributed by atoms with Crippen LogP contribution in [0.3, 0.4) is 0 Å². The second-order valence-corrected chi connectivity index (χ2v) is 9.07. The van der Waals surface area contributed by atoms with Crippen LogP contribution in [0.2, 0.25) is 0 Å². The van der Waals surface area contributed by atoms with E-state index in [2.05, 4.69) is 68.7 Å². The summed E-state index contributed by atoms with van der Waals surface area (Å²) in [5.74, 6) is 2.98. The number of aromatic nitrogens is 6. The van der Waals surface area contributed by atoms with E-state index in [4.69, 9.17) is 0 Å². The zero-order valence-corrected chi connectivity index (χ0v) is 17.8. The maximum atomic E-state index is 9.79. The van der Waals surface area contributed by atoms with Crippen molar-refractivity contribution >= 4 is 40.9 Å². The molecule has 0 unspecified atom stereocenters. The van der Waals surface area contributed by atoms with Crippen molar-refractivity contribution in [3.63, 3.8) is 0 Å². The Morgan fingerprint density at radius 3 is 1.12 bits per heavy atom. The van der Waals surface area contributed by atoms with E-state index in [-0.39, 0.29) is 0 Å². The summed E-state index contributed by atoms with van der Waals surface area (Å²) in [6, 6.07) is 0. The van der Waals surface area contributed by atoms with Gasteiger partial charge >= 0.3 is 39.3 Å². The van der Waals surface area contributed by atoms with Gasteiger partial charge in [0.2, 0.25) is 0 Å². The Labute approximate surface area is 164 Å². The molecule has 0 aliphatic carbocycles. The Balaban J connectivity index is 0.000000399. The second-order valence-electron chi connectivity index (χ2n) is 4.09. The molecular weight excluding hydrogens is 507 g/mol. The molecule has 0 aliphatic heterocycles. The number of rotatable bonds is 2. The molecule has 0 aromatic carbocycles. The van der Waals surface area contributed by atoms with Crippen molar-refractivity contribution in [2.75, 3.05) is 0 Å². The van der Waals surface area contributed by atoms with E-state index >= 15 is 0 Å². The Morgan fingerprint density at radius 1 is 0.680 bits per heavy atom. The monoisotopic (exact) mass is 518 g/mol. The van der Waals surface area contributed by atoms with Gasteiger partial charge in [0.25, 0.3) is 0 Å². The fourth-order valence-corrected chi connectivity index (χ4v) is 1.49. The zero-order valence-electron chi connectivity index (χ0n) is 13.6. The molecule has 0 atom stereocenters. The van der Waals surface area contributed by atoms with Gasteiger partial charge in [-0.3, -0.25) is 0 Å². The summed E-state index contributed by atoms with van der Waals surface area (Å²) in [6.45, 7) is 6.93.